The van der Waals surface area contributed by atoms with E-state index in [0.29, 0.717) is 106 Å². The van der Waals surface area contributed by atoms with Crippen LogP contribution in [0.15, 0.2) is 54.7 Å². The lowest BCUT2D eigenvalue weighted by Gasteiger charge is -2.41. The smallest absolute Gasteiger partial charge is 0.255 e. The summed E-state index contributed by atoms with van der Waals surface area (Å²) in [6, 6.07) is 13.8. The number of nitrogens with one attached hydrogen (secondary N) is 5. The first kappa shape index (κ1) is 49.0. The van der Waals surface area contributed by atoms with Crippen LogP contribution in [0.1, 0.15) is 63.8 Å². The van der Waals surface area contributed by atoms with Crippen molar-refractivity contribution in [3.8, 4) is 5.75 Å². The Morgan fingerprint density at radius 1 is 0.955 bits per heavy atom. The van der Waals surface area contributed by atoms with Gasteiger partial charge in [0.15, 0.2) is 5.82 Å². The average molecular weight is 962 g/mol. The van der Waals surface area contributed by atoms with Crippen molar-refractivity contribution in [1.29, 1.82) is 0 Å². The summed E-state index contributed by atoms with van der Waals surface area (Å²) >= 11 is 7.82. The number of fused-ring (bicyclic) bond motifs is 2. The van der Waals surface area contributed by atoms with Gasteiger partial charge in [0.1, 0.15) is 11.8 Å². The van der Waals surface area contributed by atoms with Gasteiger partial charge in [0.2, 0.25) is 23.7 Å². The van der Waals surface area contributed by atoms with Crippen LogP contribution in [0.25, 0.3) is 0 Å². The van der Waals surface area contributed by atoms with E-state index in [4.69, 9.17) is 35.5 Å². The highest BCUT2D eigenvalue weighted by Crippen LogP contribution is 2.38. The fourth-order valence-electron chi connectivity index (χ4n) is 8.07. The van der Waals surface area contributed by atoms with Crippen LogP contribution in [0.3, 0.4) is 0 Å². The Morgan fingerprint density at radius 3 is 2.46 bits per heavy atom. The van der Waals surface area contributed by atoms with Gasteiger partial charge < -0.3 is 54.9 Å². The number of methoxy groups -OCH3 is 1. The van der Waals surface area contributed by atoms with Crippen molar-refractivity contribution in [2.24, 2.45) is 0 Å². The molecule has 0 aliphatic carbocycles. The van der Waals surface area contributed by atoms with Crippen LogP contribution in [-0.2, 0) is 41.7 Å². The molecule has 7 rings (SSSR count). The van der Waals surface area contributed by atoms with Crippen molar-refractivity contribution in [1.82, 2.24) is 30.8 Å². The molecule has 0 bridgehead atoms. The van der Waals surface area contributed by atoms with E-state index in [1.807, 2.05) is 12.3 Å². The predicted octanol–water partition coefficient (Wildman–Crippen LogP) is 4.34. The Morgan fingerprint density at radius 2 is 1.73 bits per heavy atom. The van der Waals surface area contributed by atoms with Crippen LogP contribution in [0.4, 0.5) is 28.8 Å². The van der Waals surface area contributed by atoms with Crippen LogP contribution >= 0.6 is 22.9 Å². The van der Waals surface area contributed by atoms with Crippen molar-refractivity contribution in [3.05, 3.63) is 80.6 Å². The Hall–Kier alpha value is -5.90. The van der Waals surface area contributed by atoms with Gasteiger partial charge >= 0.3 is 0 Å². The molecule has 0 spiro atoms. The van der Waals surface area contributed by atoms with Crippen LogP contribution in [0, 0.1) is 0 Å². The molecule has 3 aliphatic heterocycles. The first-order valence-corrected chi connectivity index (χ1v) is 23.5. The summed E-state index contributed by atoms with van der Waals surface area (Å²) in [4.78, 5) is 79.3. The van der Waals surface area contributed by atoms with Crippen molar-refractivity contribution in [3.63, 3.8) is 0 Å². The van der Waals surface area contributed by atoms with Gasteiger partial charge in [-0.1, -0.05) is 24.6 Å². The third kappa shape index (κ3) is 12.8. The van der Waals surface area contributed by atoms with Crippen LogP contribution < -0.4 is 41.1 Å². The molecule has 0 radical (unpaired) electrons. The monoisotopic (exact) mass is 960 g/mol. The summed E-state index contributed by atoms with van der Waals surface area (Å²) in [7, 11) is 3.60. The molecule has 1 fully saturated rings. The van der Waals surface area contributed by atoms with Crippen molar-refractivity contribution >= 4 is 81.3 Å². The van der Waals surface area contributed by atoms with Gasteiger partial charge in [-0.15, -0.1) is 11.3 Å². The molecular formula is C46H57ClN10O9S. The molecule has 2 atom stereocenters. The van der Waals surface area contributed by atoms with E-state index >= 15 is 0 Å². The molecule has 358 valence electrons. The zero-order chi connectivity index (χ0) is 47.3. The number of piperidine rings is 1. The second kappa shape index (κ2) is 23.7. The van der Waals surface area contributed by atoms with E-state index in [2.05, 4.69) is 61.4 Å². The SMILES string of the molecule is CC[C@@H]1CN(C)c2cnc(Nc3ccc(C(=O)NCCOCCOCCOCCNCCC(=O)Nc4cccc5c4CN(C4CCC(=O)NC4=O)C5=O)cc3OC)nc2N1Cc1ccc(Cl)s1. The zero-order valence-corrected chi connectivity index (χ0v) is 39.4. The molecule has 21 heteroatoms. The highest BCUT2D eigenvalue weighted by Gasteiger charge is 2.40. The van der Waals surface area contributed by atoms with E-state index in [-0.39, 0.29) is 55.5 Å². The average Bonchev–Trinajstić information content (AvgIpc) is 3.89. The number of nitrogens with zero attached hydrogens (tertiary/aromatic N) is 5. The number of likely N-dealkylation sites (N-methyl/N-ethyl adjacent to an activating group) is 1. The van der Waals surface area contributed by atoms with E-state index in [0.717, 1.165) is 33.7 Å². The summed E-state index contributed by atoms with van der Waals surface area (Å²) in [5.74, 6) is 0.105. The summed E-state index contributed by atoms with van der Waals surface area (Å²) in [6.07, 6.45) is 3.42. The molecule has 5 N–H and O–H groups in total. The number of halogens is 1. The number of aromatic nitrogens is 2. The summed E-state index contributed by atoms with van der Waals surface area (Å²) in [5.41, 5.74) is 3.61. The number of amides is 5. The largest absolute Gasteiger partial charge is 0.495 e. The lowest BCUT2D eigenvalue weighted by Crippen LogP contribution is -2.52. The third-order valence-corrected chi connectivity index (χ3v) is 12.8. The van der Waals surface area contributed by atoms with Gasteiger partial charge in [-0.3, -0.25) is 29.3 Å². The molecule has 3 aliphatic rings. The minimum atomic E-state index is -0.725. The number of imide groups is 1. The topological polar surface area (TPSA) is 218 Å². The number of rotatable bonds is 24. The number of hydrogen-bond acceptors (Lipinski definition) is 16. The van der Waals surface area contributed by atoms with Gasteiger partial charge in [0.25, 0.3) is 11.8 Å². The molecular weight excluding hydrogens is 904 g/mol. The van der Waals surface area contributed by atoms with E-state index in [1.165, 1.54) is 4.90 Å². The molecule has 1 saturated heterocycles. The van der Waals surface area contributed by atoms with Gasteiger partial charge in [0.05, 0.1) is 75.2 Å². The van der Waals surface area contributed by atoms with Crippen LogP contribution in [-0.4, -0.2) is 136 Å². The highest BCUT2D eigenvalue weighted by atomic mass is 35.5. The zero-order valence-electron chi connectivity index (χ0n) is 37.9. The quantitative estimate of drug-likeness (QED) is 0.0488. The van der Waals surface area contributed by atoms with E-state index in [9.17, 15) is 24.0 Å². The molecule has 67 heavy (non-hydrogen) atoms. The molecule has 1 unspecified atom stereocenters. The van der Waals surface area contributed by atoms with Gasteiger partial charge in [-0.05, 0) is 55.3 Å². The number of benzene rings is 2. The summed E-state index contributed by atoms with van der Waals surface area (Å²) in [6.45, 7) is 7.43. The molecule has 5 amide bonds. The van der Waals surface area contributed by atoms with Crippen molar-refractivity contribution < 1.29 is 42.9 Å². The van der Waals surface area contributed by atoms with Crippen LogP contribution in [0.2, 0.25) is 4.34 Å². The number of carbonyl (C=O) groups is 5. The lowest BCUT2D eigenvalue weighted by molar-refractivity contribution is -0.137. The van der Waals surface area contributed by atoms with E-state index < -0.39 is 11.9 Å². The number of carbonyl (C=O) groups excluding carboxylic acids is 5. The standard InChI is InChI=1S/C46H57ClN10O9S/c1-4-30-26-55(2)37-25-50-46(54-42(37)56(30)27-31-9-12-39(47)67-31)52-35-10-8-29(24-38(35)63-3)43(60)49-17-19-65-21-23-66-22-20-64-18-16-48-15-14-41(59)51-34-7-5-6-32-33(34)28-57(45(32)62)36-11-13-40(58)53-44(36)61/h5-10,12,24-25,30,36,48H,4,11,13-23,26-28H2,1-3H3,(H,49,60)(H,51,59)(H,50,52,54)(H,53,58,61)/t30-,36?/m1/s1. The number of ether oxygens (including phenoxy) is 4. The minimum Gasteiger partial charge on any atom is -0.495 e. The fourth-order valence-corrected chi connectivity index (χ4v) is 9.16. The maximum absolute atomic E-state index is 13.0. The Kier molecular flexibility index (Phi) is 17.3. The van der Waals surface area contributed by atoms with Gasteiger partial charge in [-0.25, -0.2) is 4.98 Å². The minimum absolute atomic E-state index is 0.171. The van der Waals surface area contributed by atoms with Gasteiger partial charge in [0, 0.05) is 85.9 Å². The van der Waals surface area contributed by atoms with Gasteiger partial charge in [-0.2, -0.15) is 4.98 Å². The normalized spacial score (nSPS) is 16.7. The number of hydrogen-bond donors (Lipinski definition) is 5. The third-order valence-electron chi connectivity index (χ3n) is 11.6. The maximum Gasteiger partial charge on any atom is 0.255 e. The van der Waals surface area contributed by atoms with Crippen molar-refractivity contribution in [2.75, 3.05) is 100 Å². The fraction of sp³-hybridized carbons (Fsp3) is 0.457. The molecule has 0 saturated carbocycles. The number of anilines is 5. The molecule has 4 aromatic rings. The highest BCUT2D eigenvalue weighted by molar-refractivity contribution is 7.16. The molecule has 2 aromatic carbocycles. The maximum atomic E-state index is 13.0. The Bertz CT molecular complexity index is 2410. The predicted molar refractivity (Wildman–Crippen MR) is 255 cm³/mol. The van der Waals surface area contributed by atoms with Crippen molar-refractivity contribution in [2.45, 2.75) is 57.8 Å². The number of thiophene rings is 1. The second-order valence-electron chi connectivity index (χ2n) is 16.1. The molecule has 19 nitrogen and oxygen atoms in total. The van der Waals surface area contributed by atoms with E-state index in [1.54, 1.807) is 54.8 Å². The Balaban J connectivity index is 0.727. The first-order chi connectivity index (χ1) is 32.5. The lowest BCUT2D eigenvalue weighted by atomic mass is 10.0. The molecule has 2 aromatic heterocycles. The molecule has 5 heterocycles. The summed E-state index contributed by atoms with van der Waals surface area (Å²) < 4.78 is 23.2. The summed E-state index contributed by atoms with van der Waals surface area (Å²) in [5, 5.41) is 14.5. The Labute approximate surface area is 398 Å². The first-order valence-electron chi connectivity index (χ1n) is 22.4. The second-order valence-corrected chi connectivity index (χ2v) is 17.9. The van der Waals surface area contributed by atoms with Crippen LogP contribution in [0.5, 0.6) is 5.75 Å².